The minimum Gasteiger partial charge on any atom is -0.389 e. The summed E-state index contributed by atoms with van der Waals surface area (Å²) in [5, 5.41) is 1.42. The highest BCUT2D eigenvalue weighted by Gasteiger charge is 2.19. The van der Waals surface area contributed by atoms with Gasteiger partial charge in [0.05, 0.1) is 27.3 Å². The summed E-state index contributed by atoms with van der Waals surface area (Å²) in [6.07, 6.45) is 1.00. The zero-order valence-electron chi connectivity index (χ0n) is 11.4. The van der Waals surface area contributed by atoms with Gasteiger partial charge >= 0.3 is 0 Å². The highest BCUT2D eigenvalue weighted by Crippen LogP contribution is 2.35. The Hall–Kier alpha value is -1.59. The van der Waals surface area contributed by atoms with Crippen molar-refractivity contribution in [2.45, 2.75) is 26.8 Å². The van der Waals surface area contributed by atoms with Gasteiger partial charge in [-0.1, -0.05) is 24.6 Å². The lowest BCUT2D eigenvalue weighted by molar-refractivity contribution is 0.704. The first kappa shape index (κ1) is 13.4. The molecule has 4 nitrogen and oxygen atoms in total. The van der Waals surface area contributed by atoms with Crippen molar-refractivity contribution in [3.8, 4) is 11.4 Å². The molecule has 104 valence electrons. The average Bonchev–Trinajstić information content (AvgIpc) is 2.92. The smallest absolute Gasteiger partial charge is 0.146 e. The first-order valence-corrected chi connectivity index (χ1v) is 7.65. The van der Waals surface area contributed by atoms with Crippen LogP contribution < -0.4 is 5.73 Å². The van der Waals surface area contributed by atoms with Crippen molar-refractivity contribution < 1.29 is 0 Å². The van der Waals surface area contributed by atoms with Crippen LogP contribution in [0.1, 0.15) is 19.0 Å². The molecule has 0 bridgehead atoms. The molecule has 3 rings (SSSR count). The predicted octanol–water partition coefficient (Wildman–Crippen LogP) is 4.11. The van der Waals surface area contributed by atoms with Gasteiger partial charge in [0.15, 0.2) is 0 Å². The molecule has 0 radical (unpaired) electrons. The zero-order valence-corrected chi connectivity index (χ0v) is 12.9. The zero-order chi connectivity index (χ0) is 14.3. The number of halogens is 1. The van der Waals surface area contributed by atoms with Gasteiger partial charge in [-0.3, -0.25) is 0 Å². The minimum atomic E-state index is 0.700. The van der Waals surface area contributed by atoms with Crippen molar-refractivity contribution in [1.82, 2.24) is 13.9 Å². The van der Waals surface area contributed by atoms with Crippen molar-refractivity contribution in [3.05, 3.63) is 28.9 Å². The van der Waals surface area contributed by atoms with Gasteiger partial charge < -0.3 is 10.3 Å². The van der Waals surface area contributed by atoms with Crippen LogP contribution in [-0.4, -0.2) is 13.9 Å². The van der Waals surface area contributed by atoms with Gasteiger partial charge in [-0.05, 0) is 37.0 Å². The summed E-state index contributed by atoms with van der Waals surface area (Å²) in [6, 6.07) is 5.78. The third-order valence-electron chi connectivity index (χ3n) is 3.28. The number of imidazole rings is 1. The van der Waals surface area contributed by atoms with E-state index < -0.39 is 0 Å². The molecule has 0 saturated carbocycles. The summed E-state index contributed by atoms with van der Waals surface area (Å²) in [6.45, 7) is 4.94. The molecule has 0 aliphatic carbocycles. The Morgan fingerprint density at radius 2 is 2.20 bits per heavy atom. The number of rotatable bonds is 3. The number of hydrogen-bond donors (Lipinski definition) is 1. The molecule has 20 heavy (non-hydrogen) atoms. The van der Waals surface area contributed by atoms with Gasteiger partial charge in [-0.15, -0.1) is 0 Å². The second-order valence-electron chi connectivity index (χ2n) is 4.70. The first-order valence-electron chi connectivity index (χ1n) is 6.50. The van der Waals surface area contributed by atoms with E-state index in [0.717, 1.165) is 41.1 Å². The van der Waals surface area contributed by atoms with Crippen LogP contribution in [0.4, 0.5) is 5.00 Å². The molecular weight excluding hydrogens is 292 g/mol. The number of nitrogen functional groups attached to an aromatic ring is 1. The second-order valence-corrected chi connectivity index (χ2v) is 5.91. The fraction of sp³-hybridized carbons (Fsp3) is 0.286. The summed E-state index contributed by atoms with van der Waals surface area (Å²) in [5.41, 5.74) is 9.77. The van der Waals surface area contributed by atoms with Gasteiger partial charge in [0.1, 0.15) is 10.8 Å². The number of nitrogens with two attached hydrogens (primary N) is 1. The predicted molar refractivity (Wildman–Crippen MR) is 85.3 cm³/mol. The first-order chi connectivity index (χ1) is 9.63. The molecule has 2 heterocycles. The molecule has 3 aromatic rings. The Balaban J connectivity index is 2.36. The van der Waals surface area contributed by atoms with E-state index >= 15 is 0 Å². The maximum atomic E-state index is 6.35. The molecule has 2 N–H and O–H groups in total. The second kappa shape index (κ2) is 5.07. The van der Waals surface area contributed by atoms with E-state index in [0.29, 0.717) is 10.0 Å². The van der Waals surface area contributed by atoms with E-state index in [1.165, 1.54) is 11.5 Å². The summed E-state index contributed by atoms with van der Waals surface area (Å²) in [4.78, 5) is 4.72. The molecule has 0 fully saturated rings. The summed E-state index contributed by atoms with van der Waals surface area (Å²) in [5.74, 6) is 0.860. The molecule has 2 aromatic heterocycles. The van der Waals surface area contributed by atoms with Crippen LogP contribution in [0.15, 0.2) is 18.2 Å². The number of fused-ring (bicyclic) bond motifs is 1. The minimum absolute atomic E-state index is 0.700. The molecule has 0 aliphatic heterocycles. The van der Waals surface area contributed by atoms with Crippen LogP contribution >= 0.6 is 23.1 Å². The van der Waals surface area contributed by atoms with Crippen LogP contribution in [0.2, 0.25) is 5.02 Å². The van der Waals surface area contributed by atoms with E-state index in [9.17, 15) is 0 Å². The summed E-state index contributed by atoms with van der Waals surface area (Å²) >= 11 is 7.66. The largest absolute Gasteiger partial charge is 0.389 e. The van der Waals surface area contributed by atoms with Gasteiger partial charge in [0.25, 0.3) is 0 Å². The van der Waals surface area contributed by atoms with Gasteiger partial charge in [0.2, 0.25) is 0 Å². The Kier molecular flexibility index (Phi) is 3.40. The lowest BCUT2D eigenvalue weighted by Gasteiger charge is -2.08. The summed E-state index contributed by atoms with van der Waals surface area (Å²) in [7, 11) is 0. The average molecular weight is 307 g/mol. The van der Waals surface area contributed by atoms with Crippen molar-refractivity contribution in [3.63, 3.8) is 0 Å². The van der Waals surface area contributed by atoms with Crippen molar-refractivity contribution in [2.24, 2.45) is 0 Å². The molecule has 0 amide bonds. The highest BCUT2D eigenvalue weighted by molar-refractivity contribution is 7.10. The van der Waals surface area contributed by atoms with Crippen LogP contribution in [0, 0.1) is 6.92 Å². The Labute approximate surface area is 126 Å². The van der Waals surface area contributed by atoms with E-state index in [2.05, 4.69) is 15.9 Å². The number of aromatic nitrogens is 3. The van der Waals surface area contributed by atoms with Crippen LogP contribution in [-0.2, 0) is 6.54 Å². The molecule has 0 saturated heterocycles. The number of anilines is 1. The number of hydrogen-bond acceptors (Lipinski definition) is 4. The number of benzene rings is 1. The third-order valence-corrected chi connectivity index (χ3v) is 4.35. The lowest BCUT2D eigenvalue weighted by atomic mass is 10.2. The monoisotopic (exact) mass is 306 g/mol. The maximum absolute atomic E-state index is 6.35. The maximum Gasteiger partial charge on any atom is 0.146 e. The van der Waals surface area contributed by atoms with Crippen LogP contribution in [0.3, 0.4) is 0 Å². The normalized spacial score (nSPS) is 11.3. The van der Waals surface area contributed by atoms with Crippen LogP contribution in [0.25, 0.3) is 22.4 Å². The quantitative estimate of drug-likeness (QED) is 0.792. The SMILES string of the molecule is CCCn1c(-c2c(C)nsc2N)nc2cccc(Cl)c21. The van der Waals surface area contributed by atoms with Gasteiger partial charge in [0, 0.05) is 6.54 Å². The van der Waals surface area contributed by atoms with Gasteiger partial charge in [-0.25, -0.2) is 4.98 Å². The highest BCUT2D eigenvalue weighted by atomic mass is 35.5. The van der Waals surface area contributed by atoms with Crippen molar-refractivity contribution in [1.29, 1.82) is 0 Å². The fourth-order valence-corrected chi connectivity index (χ4v) is 3.36. The third kappa shape index (κ3) is 1.98. The lowest BCUT2D eigenvalue weighted by Crippen LogP contribution is -2.01. The number of para-hydroxylation sites is 1. The van der Waals surface area contributed by atoms with Crippen molar-refractivity contribution >= 4 is 39.2 Å². The van der Waals surface area contributed by atoms with Gasteiger partial charge in [-0.2, -0.15) is 4.37 Å². The Morgan fingerprint density at radius 1 is 1.40 bits per heavy atom. The molecule has 0 unspecified atom stereocenters. The van der Waals surface area contributed by atoms with Crippen molar-refractivity contribution in [2.75, 3.05) is 5.73 Å². The number of nitrogens with zero attached hydrogens (tertiary/aromatic N) is 3. The van der Waals surface area contributed by atoms with E-state index in [4.69, 9.17) is 22.3 Å². The molecule has 0 atom stereocenters. The van der Waals surface area contributed by atoms with E-state index in [1.807, 2.05) is 25.1 Å². The topological polar surface area (TPSA) is 56.7 Å². The van der Waals surface area contributed by atoms with E-state index in [1.54, 1.807) is 0 Å². The molecule has 0 spiro atoms. The summed E-state index contributed by atoms with van der Waals surface area (Å²) < 4.78 is 6.46. The fourth-order valence-electron chi connectivity index (χ4n) is 2.43. The Bertz CT molecular complexity index is 755. The molecule has 6 heteroatoms. The molecule has 1 aromatic carbocycles. The Morgan fingerprint density at radius 3 is 2.85 bits per heavy atom. The van der Waals surface area contributed by atoms with E-state index in [-0.39, 0.29) is 0 Å². The standard InChI is InChI=1S/C14H15ClN4S/c1-3-7-19-12-9(15)5-4-6-10(12)17-14(19)11-8(2)18-20-13(11)16/h4-6H,3,7,16H2,1-2H3. The van der Waals surface area contributed by atoms with Crippen LogP contribution in [0.5, 0.6) is 0 Å². The molecular formula is C14H15ClN4S. The molecule has 0 aliphatic rings. The number of aryl methyl sites for hydroxylation is 2.